The number of hydrogen-bond donors (Lipinski definition) is 1. The van der Waals surface area contributed by atoms with Crippen molar-refractivity contribution in [3.8, 4) is 0 Å². The van der Waals surface area contributed by atoms with Crippen molar-refractivity contribution in [3.05, 3.63) is 75.1 Å². The molecular weight excluding hydrogens is 399 g/mol. The molecule has 0 saturated heterocycles. The average Bonchev–Trinajstić information content (AvgIpc) is 2.72. The average molecular weight is 418 g/mol. The second-order valence-electron chi connectivity index (χ2n) is 6.14. The molecule has 158 valence electrons. The maximum atomic E-state index is 12.9. The zero-order valence-corrected chi connectivity index (χ0v) is 16.2. The molecule has 0 aliphatic heterocycles. The molecule has 9 nitrogen and oxygen atoms in total. The molecule has 1 atom stereocenters. The molecule has 1 N–H and O–H groups in total. The number of ether oxygens (including phenoxy) is 2. The van der Waals surface area contributed by atoms with Crippen LogP contribution in [0.1, 0.15) is 40.1 Å². The molecule has 0 radical (unpaired) electrons. The number of non-ortho nitro benzene ring substituents is 1. The maximum absolute atomic E-state index is 12.9. The second-order valence-corrected chi connectivity index (χ2v) is 6.14. The minimum absolute atomic E-state index is 0.0482. The van der Waals surface area contributed by atoms with E-state index in [0.29, 0.717) is 5.56 Å². The molecule has 1 amide bonds. The van der Waals surface area contributed by atoms with Crippen LogP contribution in [0.2, 0.25) is 0 Å². The lowest BCUT2D eigenvalue weighted by Gasteiger charge is -2.14. The summed E-state index contributed by atoms with van der Waals surface area (Å²) in [6.45, 7) is 3.02. The number of rotatable bonds is 8. The van der Waals surface area contributed by atoms with Crippen molar-refractivity contribution in [2.75, 3.05) is 6.61 Å². The third kappa shape index (κ3) is 6.09. The molecule has 0 saturated carbocycles. The Hall–Kier alpha value is -3.82. The van der Waals surface area contributed by atoms with Crippen LogP contribution >= 0.6 is 0 Å². The number of benzene rings is 2. The Bertz CT molecular complexity index is 960. The number of halogens is 1. The SMILES string of the molecule is CCOC(=O)c1cc(C(=O)OC(C)C(=O)NCc2ccc(F)cc2)cc([N+](=O)[O-])c1. The molecule has 0 heterocycles. The molecule has 0 aliphatic rings. The molecule has 1 unspecified atom stereocenters. The summed E-state index contributed by atoms with van der Waals surface area (Å²) in [5.41, 5.74) is -0.321. The highest BCUT2D eigenvalue weighted by molar-refractivity contribution is 5.97. The molecule has 0 spiro atoms. The zero-order chi connectivity index (χ0) is 22.3. The van der Waals surface area contributed by atoms with Gasteiger partial charge in [0.05, 0.1) is 22.7 Å². The Morgan fingerprint density at radius 1 is 1.10 bits per heavy atom. The van der Waals surface area contributed by atoms with Gasteiger partial charge >= 0.3 is 11.9 Å². The number of carbonyl (C=O) groups excluding carboxylic acids is 3. The van der Waals surface area contributed by atoms with Crippen LogP contribution in [0, 0.1) is 15.9 Å². The lowest BCUT2D eigenvalue weighted by Crippen LogP contribution is -2.35. The molecule has 10 heteroatoms. The summed E-state index contributed by atoms with van der Waals surface area (Å²) in [4.78, 5) is 46.7. The number of nitrogens with one attached hydrogen (secondary N) is 1. The highest BCUT2D eigenvalue weighted by atomic mass is 19.1. The number of hydrogen-bond acceptors (Lipinski definition) is 7. The summed E-state index contributed by atoms with van der Waals surface area (Å²) in [7, 11) is 0. The first-order valence-electron chi connectivity index (χ1n) is 8.91. The first kappa shape index (κ1) is 22.5. The van der Waals surface area contributed by atoms with Crippen molar-refractivity contribution in [2.45, 2.75) is 26.5 Å². The van der Waals surface area contributed by atoms with Gasteiger partial charge in [0, 0.05) is 18.7 Å². The monoisotopic (exact) mass is 418 g/mol. The normalized spacial score (nSPS) is 11.3. The van der Waals surface area contributed by atoms with Gasteiger partial charge < -0.3 is 14.8 Å². The quantitative estimate of drug-likeness (QED) is 0.397. The maximum Gasteiger partial charge on any atom is 0.339 e. The summed E-state index contributed by atoms with van der Waals surface area (Å²) >= 11 is 0. The van der Waals surface area contributed by atoms with Crippen LogP contribution in [-0.2, 0) is 20.8 Å². The third-order valence-corrected chi connectivity index (χ3v) is 3.91. The van der Waals surface area contributed by atoms with Gasteiger partial charge in [-0.1, -0.05) is 12.1 Å². The fourth-order valence-corrected chi connectivity index (χ4v) is 2.38. The smallest absolute Gasteiger partial charge is 0.339 e. The molecular formula is C20H19FN2O7. The molecule has 2 rings (SSSR count). The lowest BCUT2D eigenvalue weighted by atomic mass is 10.1. The number of amides is 1. The Labute approximate surface area is 170 Å². The third-order valence-electron chi connectivity index (χ3n) is 3.91. The summed E-state index contributed by atoms with van der Waals surface area (Å²) in [5.74, 6) is -2.88. The Balaban J connectivity index is 2.07. The standard InChI is InChI=1S/C20H19FN2O7/c1-3-29-19(25)14-8-15(10-17(9-14)23(27)28)20(26)30-12(2)18(24)22-11-13-4-6-16(21)7-5-13/h4-10,12H,3,11H2,1-2H3,(H,22,24). The molecule has 0 aromatic heterocycles. The van der Waals surface area contributed by atoms with Crippen molar-refractivity contribution < 1.29 is 33.2 Å². The summed E-state index contributed by atoms with van der Waals surface area (Å²) in [5, 5.41) is 13.6. The number of esters is 2. The summed E-state index contributed by atoms with van der Waals surface area (Å²) in [6, 6.07) is 8.49. The molecule has 0 fully saturated rings. The van der Waals surface area contributed by atoms with Gasteiger partial charge in [-0.2, -0.15) is 0 Å². The lowest BCUT2D eigenvalue weighted by molar-refractivity contribution is -0.384. The molecule has 30 heavy (non-hydrogen) atoms. The highest BCUT2D eigenvalue weighted by Gasteiger charge is 2.23. The second kappa shape index (κ2) is 10.1. The van der Waals surface area contributed by atoms with E-state index in [0.717, 1.165) is 18.2 Å². The zero-order valence-electron chi connectivity index (χ0n) is 16.2. The van der Waals surface area contributed by atoms with Crippen molar-refractivity contribution >= 4 is 23.5 Å². The van der Waals surface area contributed by atoms with Gasteiger partial charge in [0.1, 0.15) is 5.82 Å². The van der Waals surface area contributed by atoms with Gasteiger partial charge in [0.2, 0.25) is 0 Å². The van der Waals surface area contributed by atoms with Crippen LogP contribution in [0.3, 0.4) is 0 Å². The van der Waals surface area contributed by atoms with Gasteiger partial charge in [0.15, 0.2) is 6.10 Å². The first-order chi connectivity index (χ1) is 14.2. The van der Waals surface area contributed by atoms with Crippen LogP contribution < -0.4 is 5.32 Å². The van der Waals surface area contributed by atoms with Crippen LogP contribution in [-0.4, -0.2) is 35.5 Å². The van der Waals surface area contributed by atoms with E-state index in [1.54, 1.807) is 6.92 Å². The number of nitrogens with zero attached hydrogens (tertiary/aromatic N) is 1. The first-order valence-corrected chi connectivity index (χ1v) is 8.91. The largest absolute Gasteiger partial charge is 0.462 e. The topological polar surface area (TPSA) is 125 Å². The molecule has 2 aromatic carbocycles. The van der Waals surface area contributed by atoms with E-state index in [4.69, 9.17) is 9.47 Å². The Morgan fingerprint density at radius 3 is 2.27 bits per heavy atom. The van der Waals surface area contributed by atoms with E-state index in [1.807, 2.05) is 0 Å². The van der Waals surface area contributed by atoms with Crippen LogP contribution in [0.15, 0.2) is 42.5 Å². The fraction of sp³-hybridized carbons (Fsp3) is 0.250. The number of carbonyl (C=O) groups is 3. The van der Waals surface area contributed by atoms with Crippen molar-refractivity contribution in [1.82, 2.24) is 5.32 Å². The predicted octanol–water partition coefficient (Wildman–Crippen LogP) is 2.77. The number of nitro groups is 1. The molecule has 0 bridgehead atoms. The molecule has 2 aromatic rings. The van der Waals surface area contributed by atoms with Gasteiger partial charge in [-0.05, 0) is 37.6 Å². The minimum Gasteiger partial charge on any atom is -0.462 e. The molecule has 0 aliphatic carbocycles. The van der Waals surface area contributed by atoms with E-state index in [1.165, 1.54) is 31.2 Å². The van der Waals surface area contributed by atoms with Crippen LogP contribution in [0.25, 0.3) is 0 Å². The van der Waals surface area contributed by atoms with Gasteiger partial charge in [-0.15, -0.1) is 0 Å². The number of nitro benzene ring substituents is 1. The Morgan fingerprint density at radius 2 is 1.70 bits per heavy atom. The van der Waals surface area contributed by atoms with E-state index in [2.05, 4.69) is 5.32 Å². The van der Waals surface area contributed by atoms with Gasteiger partial charge in [-0.25, -0.2) is 14.0 Å². The van der Waals surface area contributed by atoms with E-state index in [-0.39, 0.29) is 24.3 Å². The van der Waals surface area contributed by atoms with E-state index < -0.39 is 40.4 Å². The fourth-order valence-electron chi connectivity index (χ4n) is 2.38. The minimum atomic E-state index is -1.22. The highest BCUT2D eigenvalue weighted by Crippen LogP contribution is 2.19. The van der Waals surface area contributed by atoms with Crippen molar-refractivity contribution in [3.63, 3.8) is 0 Å². The predicted molar refractivity (Wildman–Crippen MR) is 102 cm³/mol. The van der Waals surface area contributed by atoms with Gasteiger partial charge in [0.25, 0.3) is 11.6 Å². The summed E-state index contributed by atoms with van der Waals surface area (Å²) < 4.78 is 22.7. The van der Waals surface area contributed by atoms with Crippen LogP contribution in [0.5, 0.6) is 0 Å². The Kier molecular flexibility index (Phi) is 7.56. The van der Waals surface area contributed by atoms with E-state index in [9.17, 15) is 28.9 Å². The van der Waals surface area contributed by atoms with Gasteiger partial charge in [-0.3, -0.25) is 14.9 Å². The van der Waals surface area contributed by atoms with Crippen LogP contribution in [0.4, 0.5) is 10.1 Å². The van der Waals surface area contributed by atoms with Crippen molar-refractivity contribution in [1.29, 1.82) is 0 Å². The summed E-state index contributed by atoms with van der Waals surface area (Å²) in [6.07, 6.45) is -1.22. The van der Waals surface area contributed by atoms with E-state index >= 15 is 0 Å². The van der Waals surface area contributed by atoms with Crippen molar-refractivity contribution in [2.24, 2.45) is 0 Å².